The van der Waals surface area contributed by atoms with Crippen LogP contribution in [0.2, 0.25) is 0 Å². The summed E-state index contributed by atoms with van der Waals surface area (Å²) >= 11 is 1.09. The minimum Gasteiger partial charge on any atom is -0.461 e. The van der Waals surface area contributed by atoms with E-state index in [2.05, 4.69) is 4.98 Å². The summed E-state index contributed by atoms with van der Waals surface area (Å²) < 4.78 is 34.7. The molecule has 146 valence electrons. The van der Waals surface area contributed by atoms with Crippen molar-refractivity contribution < 1.29 is 22.7 Å². The average Bonchev–Trinajstić information content (AvgIpc) is 2.97. The third-order valence-electron chi connectivity index (χ3n) is 4.15. The fraction of sp³-hybridized carbons (Fsp3) is 0.471. The molecule has 27 heavy (non-hydrogen) atoms. The molecule has 0 N–H and O–H groups in total. The van der Waals surface area contributed by atoms with Crippen LogP contribution in [0.1, 0.15) is 6.42 Å². The Morgan fingerprint density at radius 2 is 2.15 bits per heavy atom. The molecular weight excluding hydrogens is 392 g/mol. The van der Waals surface area contributed by atoms with Crippen molar-refractivity contribution in [1.29, 1.82) is 0 Å². The number of methoxy groups -OCH3 is 1. The Morgan fingerprint density at radius 3 is 2.85 bits per heavy atom. The van der Waals surface area contributed by atoms with Gasteiger partial charge in [-0.05, 0) is 18.6 Å². The van der Waals surface area contributed by atoms with Crippen molar-refractivity contribution in [1.82, 2.24) is 9.55 Å². The molecule has 0 spiro atoms. The zero-order chi connectivity index (χ0) is 19.4. The number of hydrogen-bond acceptors (Lipinski definition) is 8. The topological polar surface area (TPSA) is 105 Å². The first-order valence-corrected chi connectivity index (χ1v) is 11.2. The molecule has 3 rings (SSSR count). The number of aromatic nitrogens is 2. The Hall–Kier alpha value is -1.91. The molecule has 2 heterocycles. The van der Waals surface area contributed by atoms with Crippen molar-refractivity contribution in [3.8, 4) is 0 Å². The average molecular weight is 412 g/mol. The number of esters is 1. The molecule has 1 aromatic heterocycles. The van der Waals surface area contributed by atoms with Crippen LogP contribution in [0.4, 0.5) is 0 Å². The van der Waals surface area contributed by atoms with Gasteiger partial charge in [-0.15, -0.1) is 0 Å². The van der Waals surface area contributed by atoms with Crippen molar-refractivity contribution in [3.63, 3.8) is 0 Å². The number of nitrogens with zero attached hydrogens (tertiary/aromatic N) is 2. The highest BCUT2D eigenvalue weighted by Gasteiger charge is 2.30. The number of benzene rings is 1. The van der Waals surface area contributed by atoms with Gasteiger partial charge in [0.05, 0.1) is 41.3 Å². The molecule has 1 aliphatic heterocycles. The Balaban J connectivity index is 1.75. The third kappa shape index (κ3) is 4.88. The van der Waals surface area contributed by atoms with Crippen molar-refractivity contribution in [2.45, 2.75) is 24.2 Å². The fourth-order valence-electron chi connectivity index (χ4n) is 2.83. The van der Waals surface area contributed by atoms with Crippen LogP contribution in [0.3, 0.4) is 0 Å². The first kappa shape index (κ1) is 19.8. The van der Waals surface area contributed by atoms with Gasteiger partial charge < -0.3 is 9.47 Å². The van der Waals surface area contributed by atoms with Crippen LogP contribution in [-0.4, -0.2) is 61.0 Å². The van der Waals surface area contributed by atoms with Crippen LogP contribution < -0.4 is 5.56 Å². The number of thioether (sulfide) groups is 1. The van der Waals surface area contributed by atoms with Crippen LogP contribution in [0.5, 0.6) is 0 Å². The van der Waals surface area contributed by atoms with Gasteiger partial charge in [0.25, 0.3) is 5.56 Å². The zero-order valence-corrected chi connectivity index (χ0v) is 16.4. The predicted octanol–water partition coefficient (Wildman–Crippen LogP) is 0.865. The maximum Gasteiger partial charge on any atom is 0.316 e. The number of ether oxygens (including phenoxy) is 2. The second kappa shape index (κ2) is 8.41. The molecule has 1 aliphatic rings. The molecule has 1 atom stereocenters. The smallest absolute Gasteiger partial charge is 0.316 e. The van der Waals surface area contributed by atoms with E-state index in [0.29, 0.717) is 35.6 Å². The largest absolute Gasteiger partial charge is 0.461 e. The van der Waals surface area contributed by atoms with Gasteiger partial charge in [0.15, 0.2) is 15.0 Å². The minimum atomic E-state index is -3.11. The lowest BCUT2D eigenvalue weighted by molar-refractivity contribution is -0.144. The van der Waals surface area contributed by atoms with E-state index in [-0.39, 0.29) is 22.8 Å². The van der Waals surface area contributed by atoms with Gasteiger partial charge in [0, 0.05) is 7.11 Å². The third-order valence-corrected chi connectivity index (χ3v) is 6.84. The quantitative estimate of drug-likeness (QED) is 0.375. The van der Waals surface area contributed by atoms with E-state index < -0.39 is 21.9 Å². The molecule has 0 aliphatic carbocycles. The van der Waals surface area contributed by atoms with E-state index in [4.69, 9.17) is 9.47 Å². The first-order chi connectivity index (χ1) is 12.9. The summed E-state index contributed by atoms with van der Waals surface area (Å²) in [7, 11) is -1.57. The highest BCUT2D eigenvalue weighted by atomic mass is 32.2. The molecule has 0 bridgehead atoms. The number of carbonyl (C=O) groups is 1. The highest BCUT2D eigenvalue weighted by Crippen LogP contribution is 2.20. The van der Waals surface area contributed by atoms with Crippen molar-refractivity contribution in [3.05, 3.63) is 34.6 Å². The van der Waals surface area contributed by atoms with Crippen molar-refractivity contribution in [2.24, 2.45) is 0 Å². The van der Waals surface area contributed by atoms with Crippen LogP contribution in [0, 0.1) is 0 Å². The zero-order valence-electron chi connectivity index (χ0n) is 14.8. The second-order valence-electron chi connectivity index (χ2n) is 6.16. The fourth-order valence-corrected chi connectivity index (χ4v) is 5.23. The van der Waals surface area contributed by atoms with E-state index in [1.165, 1.54) is 4.57 Å². The Bertz CT molecular complexity index is 1000. The van der Waals surface area contributed by atoms with Crippen LogP contribution in [0.15, 0.2) is 34.2 Å². The van der Waals surface area contributed by atoms with Gasteiger partial charge in [-0.3, -0.25) is 14.2 Å². The summed E-state index contributed by atoms with van der Waals surface area (Å²) in [6.45, 7) is 0.642. The normalized spacial score (nSPS) is 18.6. The number of para-hydroxylation sites is 1. The first-order valence-electron chi connectivity index (χ1n) is 8.41. The Labute approximate surface area is 160 Å². The maximum absolute atomic E-state index is 12.7. The molecule has 0 saturated carbocycles. The standard InChI is InChI=1S/C17H20N2O6S2/c1-24-8-7-19-16(21)13-4-2-3-5-14(13)18-17(19)26-10-15(20)25-12-6-9-27(22,23)11-12/h2-5,12H,6-11H2,1H3/t12-/m1/s1. The summed E-state index contributed by atoms with van der Waals surface area (Å²) in [6.07, 6.45) is -0.269. The Kier molecular flexibility index (Phi) is 6.18. The maximum atomic E-state index is 12.7. The lowest BCUT2D eigenvalue weighted by Crippen LogP contribution is -2.26. The van der Waals surface area contributed by atoms with Crippen molar-refractivity contribution in [2.75, 3.05) is 31.0 Å². The van der Waals surface area contributed by atoms with E-state index in [1.54, 1.807) is 31.4 Å². The summed E-state index contributed by atoms with van der Waals surface area (Å²) in [5, 5.41) is 0.892. The molecule has 0 amide bonds. The molecule has 10 heteroatoms. The van der Waals surface area contributed by atoms with Gasteiger partial charge in [0.1, 0.15) is 6.10 Å². The van der Waals surface area contributed by atoms with Crippen LogP contribution >= 0.6 is 11.8 Å². The van der Waals surface area contributed by atoms with E-state index in [0.717, 1.165) is 11.8 Å². The number of hydrogen-bond donors (Lipinski definition) is 0. The van der Waals surface area contributed by atoms with E-state index in [1.807, 2.05) is 0 Å². The summed E-state index contributed by atoms with van der Waals surface area (Å²) in [4.78, 5) is 29.3. The molecule has 1 aromatic carbocycles. The van der Waals surface area contributed by atoms with Gasteiger partial charge in [-0.1, -0.05) is 23.9 Å². The van der Waals surface area contributed by atoms with Crippen LogP contribution in [-0.2, 0) is 30.7 Å². The molecule has 0 radical (unpaired) electrons. The molecule has 1 fully saturated rings. The van der Waals surface area contributed by atoms with Gasteiger partial charge >= 0.3 is 5.97 Å². The lowest BCUT2D eigenvalue weighted by atomic mass is 10.2. The summed E-state index contributed by atoms with van der Waals surface area (Å²) in [5.74, 6) is -0.673. The minimum absolute atomic E-state index is 0.0425. The monoisotopic (exact) mass is 412 g/mol. The van der Waals surface area contributed by atoms with E-state index >= 15 is 0 Å². The van der Waals surface area contributed by atoms with Crippen LogP contribution in [0.25, 0.3) is 10.9 Å². The highest BCUT2D eigenvalue weighted by molar-refractivity contribution is 7.99. The molecular formula is C17H20N2O6S2. The second-order valence-corrected chi connectivity index (χ2v) is 9.34. The Morgan fingerprint density at radius 1 is 1.37 bits per heavy atom. The lowest BCUT2D eigenvalue weighted by Gasteiger charge is -2.13. The number of sulfone groups is 1. The SMILES string of the molecule is COCCn1c(SCC(=O)O[C@@H]2CCS(=O)(=O)C2)nc2ccccc2c1=O. The number of rotatable bonds is 7. The summed E-state index contributed by atoms with van der Waals surface area (Å²) in [5.41, 5.74) is 0.351. The van der Waals surface area contributed by atoms with Gasteiger partial charge in [-0.2, -0.15) is 0 Å². The summed E-state index contributed by atoms with van der Waals surface area (Å²) in [6, 6.07) is 7.00. The number of fused-ring (bicyclic) bond motifs is 1. The number of carbonyl (C=O) groups excluding carboxylic acids is 1. The molecule has 0 unspecified atom stereocenters. The molecule has 8 nitrogen and oxygen atoms in total. The molecule has 2 aromatic rings. The van der Waals surface area contributed by atoms with Gasteiger partial charge in [0.2, 0.25) is 0 Å². The van der Waals surface area contributed by atoms with Crippen molar-refractivity contribution >= 4 is 38.5 Å². The van der Waals surface area contributed by atoms with E-state index in [9.17, 15) is 18.0 Å². The van der Waals surface area contributed by atoms with Gasteiger partial charge in [-0.25, -0.2) is 13.4 Å². The predicted molar refractivity (Wildman–Crippen MR) is 102 cm³/mol. The molecule has 1 saturated heterocycles.